The van der Waals surface area contributed by atoms with Gasteiger partial charge in [0.15, 0.2) is 0 Å². The van der Waals surface area contributed by atoms with Crippen molar-refractivity contribution in [3.63, 3.8) is 0 Å². The summed E-state index contributed by atoms with van der Waals surface area (Å²) in [5.74, 6) is -1.04. The predicted molar refractivity (Wildman–Crippen MR) is 81.2 cm³/mol. The van der Waals surface area contributed by atoms with Crippen LogP contribution < -0.4 is 10.6 Å². The summed E-state index contributed by atoms with van der Waals surface area (Å²) >= 11 is 3.40. The van der Waals surface area contributed by atoms with Crippen LogP contribution in [0.4, 0.5) is 0 Å². The van der Waals surface area contributed by atoms with Crippen LogP contribution in [0.25, 0.3) is 0 Å². The number of halogens is 1. The van der Waals surface area contributed by atoms with E-state index in [2.05, 4.69) is 38.7 Å². The molecule has 5 heteroatoms. The fraction of sp³-hybridized carbons (Fsp3) is 0.467. The maximum atomic E-state index is 11.6. The van der Waals surface area contributed by atoms with E-state index in [-0.39, 0.29) is 12.1 Å². The lowest BCUT2D eigenvalue weighted by atomic mass is 10.1. The van der Waals surface area contributed by atoms with Crippen LogP contribution in [0.1, 0.15) is 31.7 Å². The maximum absolute atomic E-state index is 11.6. The lowest BCUT2D eigenvalue weighted by molar-refractivity contribution is -0.139. The first-order valence-electron chi connectivity index (χ1n) is 6.90. The number of amides is 2. The maximum Gasteiger partial charge on any atom is 0.309 e. The van der Waals surface area contributed by atoms with Gasteiger partial charge in [-0.05, 0) is 50.3 Å². The molecule has 2 amide bonds. The summed E-state index contributed by atoms with van der Waals surface area (Å²) in [6.07, 6.45) is 3.65. The molecule has 0 aliphatic heterocycles. The zero-order valence-electron chi connectivity index (χ0n) is 11.5. The molecule has 0 spiro atoms. The summed E-state index contributed by atoms with van der Waals surface area (Å²) in [7, 11) is 0. The molecule has 0 unspecified atom stereocenters. The minimum Gasteiger partial charge on any atom is -0.345 e. The summed E-state index contributed by atoms with van der Waals surface area (Å²) in [6, 6.07) is 8.31. The molecule has 1 saturated carbocycles. The van der Waals surface area contributed by atoms with Gasteiger partial charge in [-0.1, -0.05) is 28.1 Å². The highest BCUT2D eigenvalue weighted by Gasteiger charge is 2.26. The minimum absolute atomic E-state index is 0.0175. The van der Waals surface area contributed by atoms with Crippen molar-refractivity contribution in [1.29, 1.82) is 0 Å². The van der Waals surface area contributed by atoms with Crippen LogP contribution in [0.3, 0.4) is 0 Å². The average Bonchev–Trinajstić information content (AvgIpc) is 3.22. The van der Waals surface area contributed by atoms with Crippen molar-refractivity contribution in [2.24, 2.45) is 0 Å². The van der Waals surface area contributed by atoms with E-state index in [9.17, 15) is 9.59 Å². The smallest absolute Gasteiger partial charge is 0.309 e. The number of hydrogen-bond donors (Lipinski definition) is 2. The topological polar surface area (TPSA) is 58.2 Å². The first-order valence-corrected chi connectivity index (χ1v) is 7.69. The molecular weight excluding hydrogens is 320 g/mol. The number of hydrogen-bond acceptors (Lipinski definition) is 2. The Balaban J connectivity index is 1.71. The zero-order chi connectivity index (χ0) is 14.5. The molecule has 4 nitrogen and oxygen atoms in total. The van der Waals surface area contributed by atoms with Gasteiger partial charge < -0.3 is 10.6 Å². The van der Waals surface area contributed by atoms with Crippen LogP contribution >= 0.6 is 15.9 Å². The van der Waals surface area contributed by atoms with Crippen LogP contribution in [0.2, 0.25) is 0 Å². The SMILES string of the molecule is C[C@H](CCc1ccc(Br)cc1)NC(=O)C(=O)NC1CC1. The molecule has 2 N–H and O–H groups in total. The van der Waals surface area contributed by atoms with Crippen molar-refractivity contribution in [2.45, 2.75) is 44.7 Å². The quantitative estimate of drug-likeness (QED) is 0.808. The number of nitrogens with one attached hydrogen (secondary N) is 2. The van der Waals surface area contributed by atoms with Gasteiger partial charge in [-0.15, -0.1) is 0 Å². The Labute approximate surface area is 127 Å². The Morgan fingerprint density at radius 3 is 2.50 bits per heavy atom. The molecular formula is C15H19BrN2O2. The first kappa shape index (κ1) is 15.0. The van der Waals surface area contributed by atoms with Gasteiger partial charge in [0, 0.05) is 16.6 Å². The average molecular weight is 339 g/mol. The van der Waals surface area contributed by atoms with Crippen molar-refractivity contribution in [3.8, 4) is 0 Å². The molecule has 0 saturated heterocycles. The lowest BCUT2D eigenvalue weighted by Gasteiger charge is -2.13. The van der Waals surface area contributed by atoms with E-state index in [1.807, 2.05) is 19.1 Å². The molecule has 1 aromatic rings. The van der Waals surface area contributed by atoms with Gasteiger partial charge in [0.25, 0.3) is 0 Å². The van der Waals surface area contributed by atoms with E-state index in [0.29, 0.717) is 0 Å². The number of benzene rings is 1. The normalized spacial score (nSPS) is 15.5. The molecule has 1 atom stereocenters. The van der Waals surface area contributed by atoms with Gasteiger partial charge in [0.2, 0.25) is 0 Å². The van der Waals surface area contributed by atoms with Crippen LogP contribution in [0.5, 0.6) is 0 Å². The van der Waals surface area contributed by atoms with Gasteiger partial charge in [-0.3, -0.25) is 9.59 Å². The number of aryl methyl sites for hydroxylation is 1. The summed E-state index contributed by atoms with van der Waals surface area (Å²) in [6.45, 7) is 1.92. The molecule has 0 heterocycles. The highest BCUT2D eigenvalue weighted by molar-refractivity contribution is 9.10. The van der Waals surface area contributed by atoms with Crippen LogP contribution in [-0.2, 0) is 16.0 Å². The number of carbonyl (C=O) groups excluding carboxylic acids is 2. The van der Waals surface area contributed by atoms with Crippen molar-refractivity contribution in [3.05, 3.63) is 34.3 Å². The molecule has 20 heavy (non-hydrogen) atoms. The Kier molecular flexibility index (Phi) is 5.17. The van der Waals surface area contributed by atoms with Crippen LogP contribution in [0.15, 0.2) is 28.7 Å². The molecule has 1 aliphatic rings. The standard InChI is InChI=1S/C15H19BrN2O2/c1-10(2-3-11-4-6-12(16)7-5-11)17-14(19)15(20)18-13-8-9-13/h4-7,10,13H,2-3,8-9H2,1H3,(H,17,19)(H,18,20)/t10-/m1/s1. The van der Waals surface area contributed by atoms with E-state index in [1.165, 1.54) is 5.56 Å². The molecule has 1 fully saturated rings. The molecule has 0 bridgehead atoms. The van der Waals surface area contributed by atoms with Crippen LogP contribution in [-0.4, -0.2) is 23.9 Å². The third-order valence-corrected chi connectivity index (χ3v) is 3.80. The predicted octanol–water partition coefficient (Wildman–Crippen LogP) is 2.16. The molecule has 0 radical (unpaired) electrons. The Hall–Kier alpha value is -1.36. The fourth-order valence-electron chi connectivity index (χ4n) is 1.87. The van der Waals surface area contributed by atoms with E-state index in [1.54, 1.807) is 0 Å². The largest absolute Gasteiger partial charge is 0.345 e. The summed E-state index contributed by atoms with van der Waals surface area (Å²) < 4.78 is 1.05. The molecule has 0 aromatic heterocycles. The second kappa shape index (κ2) is 6.88. The monoisotopic (exact) mass is 338 g/mol. The summed E-state index contributed by atoms with van der Waals surface area (Å²) in [5, 5.41) is 5.42. The van der Waals surface area contributed by atoms with Crippen LogP contribution in [0, 0.1) is 0 Å². The second-order valence-electron chi connectivity index (χ2n) is 5.29. The van der Waals surface area contributed by atoms with Crippen molar-refractivity contribution in [1.82, 2.24) is 10.6 Å². The van der Waals surface area contributed by atoms with E-state index < -0.39 is 11.8 Å². The molecule has 2 rings (SSSR count). The van der Waals surface area contributed by atoms with E-state index >= 15 is 0 Å². The second-order valence-corrected chi connectivity index (χ2v) is 6.20. The zero-order valence-corrected chi connectivity index (χ0v) is 13.1. The summed E-state index contributed by atoms with van der Waals surface area (Å²) in [5.41, 5.74) is 1.22. The highest BCUT2D eigenvalue weighted by Crippen LogP contribution is 2.18. The Morgan fingerprint density at radius 2 is 1.90 bits per heavy atom. The lowest BCUT2D eigenvalue weighted by Crippen LogP contribution is -2.44. The molecule has 1 aliphatic carbocycles. The van der Waals surface area contributed by atoms with Gasteiger partial charge in [0.05, 0.1) is 0 Å². The summed E-state index contributed by atoms with van der Waals surface area (Å²) in [4.78, 5) is 23.2. The molecule has 1 aromatic carbocycles. The third kappa shape index (κ3) is 4.96. The van der Waals surface area contributed by atoms with Crippen molar-refractivity contribution in [2.75, 3.05) is 0 Å². The van der Waals surface area contributed by atoms with Crippen molar-refractivity contribution >= 4 is 27.7 Å². The highest BCUT2D eigenvalue weighted by atomic mass is 79.9. The molecule has 108 valence electrons. The third-order valence-electron chi connectivity index (χ3n) is 3.28. The van der Waals surface area contributed by atoms with Gasteiger partial charge in [0.1, 0.15) is 0 Å². The van der Waals surface area contributed by atoms with Gasteiger partial charge in [-0.2, -0.15) is 0 Å². The number of carbonyl (C=O) groups is 2. The Bertz CT molecular complexity index is 483. The first-order chi connectivity index (χ1) is 9.54. The van der Waals surface area contributed by atoms with E-state index in [4.69, 9.17) is 0 Å². The van der Waals surface area contributed by atoms with Gasteiger partial charge in [-0.25, -0.2) is 0 Å². The van der Waals surface area contributed by atoms with Crippen molar-refractivity contribution < 1.29 is 9.59 Å². The van der Waals surface area contributed by atoms with Gasteiger partial charge >= 0.3 is 11.8 Å². The Morgan fingerprint density at radius 1 is 1.25 bits per heavy atom. The number of rotatable bonds is 5. The van der Waals surface area contributed by atoms with E-state index in [0.717, 1.165) is 30.2 Å². The minimum atomic E-state index is -0.528. The fourth-order valence-corrected chi connectivity index (χ4v) is 2.14.